The van der Waals surface area contributed by atoms with Gasteiger partial charge in [0.2, 0.25) is 0 Å². The Morgan fingerprint density at radius 2 is 0.846 bits per heavy atom. The Bertz CT molecular complexity index is 49.4. The van der Waals surface area contributed by atoms with Gasteiger partial charge in [-0.2, -0.15) is 13.8 Å². The van der Waals surface area contributed by atoms with Gasteiger partial charge in [0.25, 0.3) is 0 Å². The summed E-state index contributed by atoms with van der Waals surface area (Å²) in [6.45, 7) is 18.7. The van der Waals surface area contributed by atoms with E-state index in [0.717, 1.165) is 0 Å². The van der Waals surface area contributed by atoms with Crippen molar-refractivity contribution in [2.24, 2.45) is 0 Å². The van der Waals surface area contributed by atoms with Gasteiger partial charge < -0.3 is 18.0 Å². The van der Waals surface area contributed by atoms with E-state index in [-0.39, 0.29) is 83.5 Å². The van der Waals surface area contributed by atoms with Crippen LogP contribution in [0.5, 0.6) is 0 Å². The van der Waals surface area contributed by atoms with Gasteiger partial charge in [-0.15, -0.1) is 0 Å². The third kappa shape index (κ3) is 53.2. The van der Waals surface area contributed by atoms with Crippen molar-refractivity contribution in [1.82, 2.24) is 0 Å². The fraction of sp³-hybridized carbons (Fsp3) is 0.750. The molecule has 0 aromatic carbocycles. The zero-order chi connectivity index (χ0) is 9.86. The first kappa shape index (κ1) is 29.6. The van der Waals surface area contributed by atoms with E-state index < -0.39 is 0 Å². The van der Waals surface area contributed by atoms with Crippen LogP contribution in [0.4, 0.5) is 0 Å². The van der Waals surface area contributed by atoms with Crippen LogP contribution in [-0.2, 0) is 69.5 Å². The van der Waals surface area contributed by atoms with Gasteiger partial charge in [-0.1, -0.05) is 0 Å². The summed E-state index contributed by atoms with van der Waals surface area (Å²) in [5.41, 5.74) is 0. The number of hydrogen-bond acceptors (Lipinski definition) is 1. The van der Waals surface area contributed by atoms with Crippen LogP contribution in [0.15, 0.2) is 0 Å². The predicted octanol–water partition coefficient (Wildman–Crippen LogP) is 3.18. The molecule has 0 N–H and O–H groups in total. The minimum absolute atomic E-state index is 0. The predicted molar refractivity (Wildman–Crippen MR) is 58.1 cm³/mol. The van der Waals surface area contributed by atoms with Crippen LogP contribution in [0, 0.1) is 13.8 Å². The fourth-order valence-corrected chi connectivity index (χ4v) is 3.67. The molecule has 0 heterocycles. The third-order valence-electron chi connectivity index (χ3n) is 0.408. The van der Waals surface area contributed by atoms with Crippen molar-refractivity contribution >= 4 is 18.1 Å². The fourth-order valence-electron chi connectivity index (χ4n) is 0.408. The van der Waals surface area contributed by atoms with Crippen molar-refractivity contribution in [3.8, 4) is 0 Å². The molecule has 0 saturated carbocycles. The summed E-state index contributed by atoms with van der Waals surface area (Å²) in [4.78, 5) is 0. The summed E-state index contributed by atoms with van der Waals surface area (Å²) in [5.74, 6) is 0. The monoisotopic (exact) mass is 368 g/mol. The molecule has 0 aromatic heterocycles. The first-order valence-corrected chi connectivity index (χ1v) is 8.64. The molecule has 0 atom stereocenters. The molecule has 0 saturated heterocycles. The average molecular weight is 368 g/mol. The van der Waals surface area contributed by atoms with Crippen LogP contribution in [-0.4, -0.2) is 18.1 Å². The molecule has 0 amide bonds. The number of rotatable bonds is 2. The maximum atomic E-state index is 5.45. The molecule has 0 fully saturated rings. The van der Waals surface area contributed by atoms with E-state index in [2.05, 4.69) is 40.0 Å². The van der Waals surface area contributed by atoms with Gasteiger partial charge >= 0.3 is 0 Å². The van der Waals surface area contributed by atoms with E-state index in [1.165, 1.54) is 0 Å². The van der Waals surface area contributed by atoms with Crippen LogP contribution in [0.25, 0.3) is 0 Å². The topological polar surface area (TPSA) is 9.23 Å². The second-order valence-electron chi connectivity index (χ2n) is 1.92. The van der Waals surface area contributed by atoms with Crippen LogP contribution >= 0.6 is 0 Å². The van der Waals surface area contributed by atoms with Crippen molar-refractivity contribution in [3.05, 3.63) is 13.8 Å². The summed E-state index contributed by atoms with van der Waals surface area (Å²) in [6.07, 6.45) is 0. The molecule has 0 unspecified atom stereocenters. The molecule has 0 bridgehead atoms. The first-order valence-electron chi connectivity index (χ1n) is 3.82. The summed E-state index contributed by atoms with van der Waals surface area (Å²) in [7, 11) is -0.778. The van der Waals surface area contributed by atoms with Gasteiger partial charge in [-0.05, 0) is 26.2 Å². The molecule has 0 aliphatic carbocycles. The molecule has 4 radical (unpaired) electrons. The molecule has 0 aliphatic heterocycles. The zero-order valence-corrected chi connectivity index (χ0v) is 17.7. The van der Waals surface area contributed by atoms with Crippen LogP contribution in [0.2, 0.25) is 26.2 Å². The standard InChI is InChI=1S/C4H12OSi2.2C2H5.2Y/c1-6(2)5-7(3)4;2*1-2;;/h1-4H3;2*1H2,2H3;;/q;2*-1;;. The van der Waals surface area contributed by atoms with Crippen LogP contribution < -0.4 is 0 Å². The molecule has 0 spiro atoms. The molecule has 1 nitrogen and oxygen atoms in total. The third-order valence-corrected chi connectivity index (χ3v) is 3.67. The maximum absolute atomic E-state index is 5.45. The SMILES string of the molecule is C[Si](C)O[Si](C)C.[CH2-]C.[CH2-]C.[Y].[Y]. The summed E-state index contributed by atoms with van der Waals surface area (Å²) >= 11 is 0. The first-order chi connectivity index (χ1) is 5.13. The summed E-state index contributed by atoms with van der Waals surface area (Å²) in [6, 6.07) is 0. The normalized spacial score (nSPS) is 6.92. The second kappa shape index (κ2) is 29.3. The van der Waals surface area contributed by atoms with E-state index in [0.29, 0.717) is 0 Å². The Balaban J connectivity index is -0.0000000315. The Morgan fingerprint density at radius 3 is 0.846 bits per heavy atom. The van der Waals surface area contributed by atoms with E-state index in [4.69, 9.17) is 4.12 Å². The van der Waals surface area contributed by atoms with E-state index in [9.17, 15) is 0 Å². The number of hydrogen-bond donors (Lipinski definition) is 0. The Labute approximate surface area is 139 Å². The van der Waals surface area contributed by atoms with Crippen molar-refractivity contribution in [2.45, 2.75) is 40.0 Å². The molecule has 13 heavy (non-hydrogen) atoms. The van der Waals surface area contributed by atoms with E-state index in [1.807, 2.05) is 0 Å². The smallest absolute Gasteiger partial charge is 0.191 e. The Hall–Kier alpha value is 2.60. The van der Waals surface area contributed by atoms with Gasteiger partial charge in [-0.3, -0.25) is 0 Å². The Morgan fingerprint density at radius 1 is 0.692 bits per heavy atom. The zero-order valence-electron chi connectivity index (χ0n) is 9.98. The van der Waals surface area contributed by atoms with Crippen molar-refractivity contribution in [1.29, 1.82) is 0 Å². The quantitative estimate of drug-likeness (QED) is 0.538. The molecule has 76 valence electrons. The van der Waals surface area contributed by atoms with Gasteiger partial charge in [0, 0.05) is 65.4 Å². The maximum Gasteiger partial charge on any atom is 0.191 e. The van der Waals surface area contributed by atoms with E-state index in [1.54, 1.807) is 13.8 Å². The van der Waals surface area contributed by atoms with Crippen molar-refractivity contribution in [3.63, 3.8) is 0 Å². The minimum atomic E-state index is -0.389. The van der Waals surface area contributed by atoms with Crippen LogP contribution in [0.1, 0.15) is 13.8 Å². The van der Waals surface area contributed by atoms with Gasteiger partial charge in [0.05, 0.1) is 0 Å². The molecular weight excluding hydrogens is 346 g/mol. The van der Waals surface area contributed by atoms with Crippen LogP contribution in [0.3, 0.4) is 0 Å². The molecular formula is C8H22OSi2Y2-2. The Kier molecular flexibility index (Phi) is 66.7. The van der Waals surface area contributed by atoms with Crippen molar-refractivity contribution < 1.29 is 69.5 Å². The minimum Gasteiger partial charge on any atom is -0.456 e. The molecule has 5 heteroatoms. The summed E-state index contributed by atoms with van der Waals surface area (Å²) < 4.78 is 5.45. The second-order valence-corrected chi connectivity index (χ2v) is 6.37. The van der Waals surface area contributed by atoms with Gasteiger partial charge in [0.15, 0.2) is 18.1 Å². The summed E-state index contributed by atoms with van der Waals surface area (Å²) in [5, 5.41) is 0. The van der Waals surface area contributed by atoms with E-state index >= 15 is 0 Å². The van der Waals surface area contributed by atoms with Gasteiger partial charge in [0.1, 0.15) is 0 Å². The largest absolute Gasteiger partial charge is 0.456 e. The molecule has 0 aliphatic rings. The van der Waals surface area contributed by atoms with Gasteiger partial charge in [-0.25, -0.2) is 0 Å². The average Bonchev–Trinajstić information content (AvgIpc) is 1.93. The molecule has 0 rings (SSSR count). The molecule has 0 aromatic rings. The van der Waals surface area contributed by atoms with Crippen molar-refractivity contribution in [2.75, 3.05) is 0 Å².